The summed E-state index contributed by atoms with van der Waals surface area (Å²) in [7, 11) is 0. The average Bonchev–Trinajstić information content (AvgIpc) is 2.77. The van der Waals surface area contributed by atoms with E-state index in [1.807, 2.05) is 0 Å². The van der Waals surface area contributed by atoms with Crippen LogP contribution in [0.2, 0.25) is 0 Å². The van der Waals surface area contributed by atoms with Crippen molar-refractivity contribution in [1.82, 2.24) is 9.38 Å². The molecule has 0 saturated heterocycles. The number of nitrogens with zero attached hydrogens (tertiary/aromatic N) is 2. The molecule has 0 amide bonds. The third kappa shape index (κ3) is 2.11. The standard InChI is InChI=1S/C12H15ClN2S/c13-10-3-1-2-9(6-10)7-11-8-15-4-5-16-12(15)14-11/h4-5,8-10H,1-3,6-7H2. The Kier molecular flexibility index (Phi) is 2.90. The van der Waals surface area contributed by atoms with E-state index in [4.69, 9.17) is 11.6 Å². The predicted molar refractivity (Wildman–Crippen MR) is 68.4 cm³/mol. The van der Waals surface area contributed by atoms with Crippen LogP contribution < -0.4 is 0 Å². The molecule has 16 heavy (non-hydrogen) atoms. The molecule has 4 heteroatoms. The highest BCUT2D eigenvalue weighted by molar-refractivity contribution is 7.15. The zero-order chi connectivity index (χ0) is 11.0. The molecule has 3 rings (SSSR count). The molecule has 2 aromatic rings. The maximum Gasteiger partial charge on any atom is 0.193 e. The molecule has 2 unspecified atom stereocenters. The van der Waals surface area contributed by atoms with Crippen LogP contribution in [0.4, 0.5) is 0 Å². The minimum Gasteiger partial charge on any atom is -0.297 e. The zero-order valence-electron chi connectivity index (χ0n) is 9.10. The Hall–Kier alpha value is -0.540. The monoisotopic (exact) mass is 254 g/mol. The van der Waals surface area contributed by atoms with Gasteiger partial charge in [-0.05, 0) is 31.6 Å². The van der Waals surface area contributed by atoms with Gasteiger partial charge in [-0.2, -0.15) is 0 Å². The van der Waals surface area contributed by atoms with Crippen LogP contribution in [0.15, 0.2) is 17.8 Å². The Labute approximate surface area is 104 Å². The molecule has 0 aromatic carbocycles. The summed E-state index contributed by atoms with van der Waals surface area (Å²) in [6.07, 6.45) is 10.3. The minimum atomic E-state index is 0.391. The average molecular weight is 255 g/mol. The minimum absolute atomic E-state index is 0.391. The van der Waals surface area contributed by atoms with Gasteiger partial charge in [-0.15, -0.1) is 22.9 Å². The van der Waals surface area contributed by atoms with E-state index in [1.54, 1.807) is 11.3 Å². The van der Waals surface area contributed by atoms with Crippen molar-refractivity contribution in [3.05, 3.63) is 23.5 Å². The summed E-state index contributed by atoms with van der Waals surface area (Å²) in [6.45, 7) is 0. The van der Waals surface area contributed by atoms with Gasteiger partial charge < -0.3 is 0 Å². The van der Waals surface area contributed by atoms with Crippen molar-refractivity contribution in [2.45, 2.75) is 37.5 Å². The normalized spacial score (nSPS) is 26.3. The molecule has 2 aromatic heterocycles. The van der Waals surface area contributed by atoms with Gasteiger partial charge in [0.1, 0.15) is 0 Å². The highest BCUT2D eigenvalue weighted by Gasteiger charge is 2.21. The van der Waals surface area contributed by atoms with Gasteiger partial charge in [0.25, 0.3) is 0 Å². The lowest BCUT2D eigenvalue weighted by Crippen LogP contribution is -2.17. The van der Waals surface area contributed by atoms with E-state index < -0.39 is 0 Å². The summed E-state index contributed by atoms with van der Waals surface area (Å²) < 4.78 is 2.11. The second-order valence-electron chi connectivity index (χ2n) is 4.66. The van der Waals surface area contributed by atoms with Crippen LogP contribution in [0.25, 0.3) is 4.96 Å². The van der Waals surface area contributed by atoms with Crippen molar-refractivity contribution in [2.24, 2.45) is 5.92 Å². The SMILES string of the molecule is ClC1CCCC(Cc2cn3ccsc3n2)C1. The van der Waals surface area contributed by atoms with E-state index in [0.29, 0.717) is 5.38 Å². The number of aromatic nitrogens is 2. The van der Waals surface area contributed by atoms with Gasteiger partial charge in [-0.3, -0.25) is 4.40 Å². The summed E-state index contributed by atoms with van der Waals surface area (Å²) in [5.41, 5.74) is 1.22. The van der Waals surface area contributed by atoms with Crippen molar-refractivity contribution in [3.63, 3.8) is 0 Å². The molecule has 1 saturated carbocycles. The first-order chi connectivity index (χ1) is 7.81. The van der Waals surface area contributed by atoms with Gasteiger partial charge in [0.15, 0.2) is 4.96 Å². The quantitative estimate of drug-likeness (QED) is 0.747. The van der Waals surface area contributed by atoms with Crippen LogP contribution in [-0.2, 0) is 6.42 Å². The predicted octanol–water partition coefficient (Wildman–Crippen LogP) is 3.74. The van der Waals surface area contributed by atoms with Gasteiger partial charge in [-0.1, -0.05) is 6.42 Å². The Morgan fingerprint density at radius 1 is 1.50 bits per heavy atom. The Balaban J connectivity index is 1.71. The van der Waals surface area contributed by atoms with Crippen LogP contribution in [0.3, 0.4) is 0 Å². The van der Waals surface area contributed by atoms with Crippen molar-refractivity contribution in [3.8, 4) is 0 Å². The van der Waals surface area contributed by atoms with Gasteiger partial charge in [0, 0.05) is 23.2 Å². The van der Waals surface area contributed by atoms with Gasteiger partial charge in [-0.25, -0.2) is 4.98 Å². The largest absolute Gasteiger partial charge is 0.297 e. The topological polar surface area (TPSA) is 17.3 Å². The number of rotatable bonds is 2. The first-order valence-electron chi connectivity index (χ1n) is 5.86. The van der Waals surface area contributed by atoms with Crippen LogP contribution in [-0.4, -0.2) is 14.8 Å². The lowest BCUT2D eigenvalue weighted by atomic mass is 9.86. The molecule has 2 nitrogen and oxygen atoms in total. The molecule has 2 atom stereocenters. The maximum atomic E-state index is 6.21. The molecular formula is C12H15ClN2S. The number of imidazole rings is 1. The summed E-state index contributed by atoms with van der Waals surface area (Å²) in [5.74, 6) is 0.737. The van der Waals surface area contributed by atoms with E-state index >= 15 is 0 Å². The molecule has 1 aliphatic rings. The van der Waals surface area contributed by atoms with Crippen molar-refractivity contribution in [1.29, 1.82) is 0 Å². The van der Waals surface area contributed by atoms with E-state index in [0.717, 1.165) is 23.7 Å². The fourth-order valence-corrected chi connectivity index (χ4v) is 3.71. The summed E-state index contributed by atoms with van der Waals surface area (Å²) >= 11 is 7.91. The van der Waals surface area contributed by atoms with E-state index in [2.05, 4.69) is 27.2 Å². The molecule has 0 radical (unpaired) electrons. The van der Waals surface area contributed by atoms with E-state index in [-0.39, 0.29) is 0 Å². The number of hydrogen-bond donors (Lipinski definition) is 0. The summed E-state index contributed by atoms with van der Waals surface area (Å²) in [4.78, 5) is 5.74. The van der Waals surface area contributed by atoms with E-state index in [9.17, 15) is 0 Å². The molecule has 0 spiro atoms. The second kappa shape index (κ2) is 4.38. The molecule has 1 aliphatic carbocycles. The number of thiazole rings is 1. The molecule has 0 N–H and O–H groups in total. The highest BCUT2D eigenvalue weighted by atomic mass is 35.5. The zero-order valence-corrected chi connectivity index (χ0v) is 10.7. The van der Waals surface area contributed by atoms with Crippen molar-refractivity contribution < 1.29 is 0 Å². The lowest BCUT2D eigenvalue weighted by Gasteiger charge is -2.24. The molecule has 86 valence electrons. The highest BCUT2D eigenvalue weighted by Crippen LogP contribution is 2.30. The van der Waals surface area contributed by atoms with Crippen molar-refractivity contribution >= 4 is 27.9 Å². The number of halogens is 1. The summed E-state index contributed by atoms with van der Waals surface area (Å²) in [6, 6.07) is 0. The third-order valence-corrected chi connectivity index (χ3v) is 4.53. The fraction of sp³-hybridized carbons (Fsp3) is 0.583. The molecule has 2 heterocycles. The van der Waals surface area contributed by atoms with Crippen LogP contribution in [0, 0.1) is 5.92 Å². The van der Waals surface area contributed by atoms with Gasteiger partial charge in [0.05, 0.1) is 5.69 Å². The first-order valence-corrected chi connectivity index (χ1v) is 7.18. The lowest BCUT2D eigenvalue weighted by molar-refractivity contribution is 0.359. The van der Waals surface area contributed by atoms with Crippen LogP contribution in [0.1, 0.15) is 31.4 Å². The Bertz CT molecular complexity index is 448. The number of hydrogen-bond acceptors (Lipinski definition) is 2. The first kappa shape index (κ1) is 10.6. The Morgan fingerprint density at radius 3 is 3.25 bits per heavy atom. The van der Waals surface area contributed by atoms with Crippen molar-refractivity contribution in [2.75, 3.05) is 0 Å². The van der Waals surface area contributed by atoms with E-state index in [1.165, 1.54) is 25.0 Å². The maximum absolute atomic E-state index is 6.21. The number of alkyl halides is 1. The third-order valence-electron chi connectivity index (χ3n) is 3.36. The van der Waals surface area contributed by atoms with Crippen LogP contribution >= 0.6 is 22.9 Å². The van der Waals surface area contributed by atoms with Gasteiger partial charge >= 0.3 is 0 Å². The number of fused-ring (bicyclic) bond motifs is 1. The Morgan fingerprint density at radius 2 is 2.44 bits per heavy atom. The summed E-state index contributed by atoms with van der Waals surface area (Å²) in [5, 5.41) is 2.46. The smallest absolute Gasteiger partial charge is 0.193 e. The molecule has 1 fully saturated rings. The van der Waals surface area contributed by atoms with Gasteiger partial charge in [0.2, 0.25) is 0 Å². The molecule has 0 aliphatic heterocycles. The molecular weight excluding hydrogens is 240 g/mol. The second-order valence-corrected chi connectivity index (χ2v) is 6.15. The fourth-order valence-electron chi connectivity index (χ4n) is 2.58. The van der Waals surface area contributed by atoms with Crippen LogP contribution in [0.5, 0.6) is 0 Å². The molecule has 0 bridgehead atoms.